The van der Waals surface area contributed by atoms with Crippen molar-refractivity contribution in [3.05, 3.63) is 33.8 Å². The van der Waals surface area contributed by atoms with E-state index in [1.54, 1.807) is 0 Å². The van der Waals surface area contributed by atoms with Crippen LogP contribution < -0.4 is 0 Å². The SMILES string of the molecule is Cc1cc(C(=O)N2CC(C)N(C)C(C)C2)ccc1Br. The van der Waals surface area contributed by atoms with E-state index in [9.17, 15) is 4.79 Å². The van der Waals surface area contributed by atoms with E-state index in [-0.39, 0.29) is 5.91 Å². The fourth-order valence-corrected chi connectivity index (χ4v) is 2.78. The second-order valence-corrected chi connectivity index (χ2v) is 6.39. The first-order chi connectivity index (χ1) is 8.90. The van der Waals surface area contributed by atoms with Gasteiger partial charge in [-0.05, 0) is 51.6 Å². The van der Waals surface area contributed by atoms with Crippen LogP contribution in [0.1, 0.15) is 29.8 Å². The average molecular weight is 325 g/mol. The highest BCUT2D eigenvalue weighted by Gasteiger charge is 2.29. The van der Waals surface area contributed by atoms with Crippen molar-refractivity contribution in [2.45, 2.75) is 32.9 Å². The molecule has 2 rings (SSSR count). The third-order valence-corrected chi connectivity index (χ3v) is 4.94. The molecule has 1 aliphatic rings. The number of carbonyl (C=O) groups excluding carboxylic acids is 1. The molecule has 1 saturated heterocycles. The fourth-order valence-electron chi connectivity index (χ4n) is 2.53. The van der Waals surface area contributed by atoms with Gasteiger partial charge in [-0.15, -0.1) is 0 Å². The van der Waals surface area contributed by atoms with Gasteiger partial charge in [-0.25, -0.2) is 0 Å². The molecule has 0 spiro atoms. The number of aryl methyl sites for hydroxylation is 1. The summed E-state index contributed by atoms with van der Waals surface area (Å²) in [5.41, 5.74) is 1.88. The highest BCUT2D eigenvalue weighted by Crippen LogP contribution is 2.20. The van der Waals surface area contributed by atoms with Crippen molar-refractivity contribution in [3.63, 3.8) is 0 Å². The number of carbonyl (C=O) groups is 1. The smallest absolute Gasteiger partial charge is 0.253 e. The van der Waals surface area contributed by atoms with Gasteiger partial charge in [0.1, 0.15) is 0 Å². The molecular weight excluding hydrogens is 304 g/mol. The van der Waals surface area contributed by atoms with Crippen LogP contribution in [0.3, 0.4) is 0 Å². The van der Waals surface area contributed by atoms with Crippen molar-refractivity contribution in [1.82, 2.24) is 9.80 Å². The summed E-state index contributed by atoms with van der Waals surface area (Å²) < 4.78 is 1.05. The minimum absolute atomic E-state index is 0.141. The second kappa shape index (κ2) is 5.63. The van der Waals surface area contributed by atoms with Gasteiger partial charge in [0.2, 0.25) is 0 Å². The number of halogens is 1. The van der Waals surface area contributed by atoms with E-state index in [2.05, 4.69) is 41.7 Å². The largest absolute Gasteiger partial charge is 0.336 e. The number of hydrogen-bond acceptors (Lipinski definition) is 2. The summed E-state index contributed by atoms with van der Waals surface area (Å²) in [7, 11) is 2.13. The van der Waals surface area contributed by atoms with Crippen molar-refractivity contribution in [3.8, 4) is 0 Å². The Kier molecular flexibility index (Phi) is 4.31. The zero-order chi connectivity index (χ0) is 14.2. The Labute approximate surface area is 123 Å². The van der Waals surface area contributed by atoms with Crippen LogP contribution in [0, 0.1) is 6.92 Å². The van der Waals surface area contributed by atoms with Crippen LogP contribution in [0.4, 0.5) is 0 Å². The zero-order valence-electron chi connectivity index (χ0n) is 12.0. The van der Waals surface area contributed by atoms with Crippen LogP contribution in [0.15, 0.2) is 22.7 Å². The zero-order valence-corrected chi connectivity index (χ0v) is 13.6. The van der Waals surface area contributed by atoms with Gasteiger partial charge >= 0.3 is 0 Å². The Balaban J connectivity index is 2.17. The number of piperazine rings is 1. The van der Waals surface area contributed by atoms with Crippen molar-refractivity contribution in [2.24, 2.45) is 0 Å². The molecule has 0 aliphatic carbocycles. The summed E-state index contributed by atoms with van der Waals surface area (Å²) >= 11 is 3.47. The number of hydrogen-bond donors (Lipinski definition) is 0. The Morgan fingerprint density at radius 2 is 1.84 bits per heavy atom. The number of likely N-dealkylation sites (N-methyl/N-ethyl adjacent to an activating group) is 1. The Hall–Kier alpha value is -0.870. The van der Waals surface area contributed by atoms with E-state index in [1.165, 1.54) is 0 Å². The van der Waals surface area contributed by atoms with Crippen LogP contribution in [-0.4, -0.2) is 47.9 Å². The summed E-state index contributed by atoms with van der Waals surface area (Å²) in [5, 5.41) is 0. The van der Waals surface area contributed by atoms with Gasteiger partial charge in [-0.3, -0.25) is 9.69 Å². The summed E-state index contributed by atoms with van der Waals surface area (Å²) in [6.45, 7) is 7.95. The monoisotopic (exact) mass is 324 g/mol. The first-order valence-corrected chi connectivity index (χ1v) is 7.47. The van der Waals surface area contributed by atoms with Crippen molar-refractivity contribution in [2.75, 3.05) is 20.1 Å². The number of nitrogens with zero attached hydrogens (tertiary/aromatic N) is 2. The molecule has 1 aromatic carbocycles. The number of amides is 1. The van der Waals surface area contributed by atoms with Crippen LogP contribution in [0.5, 0.6) is 0 Å². The van der Waals surface area contributed by atoms with Crippen LogP contribution in [-0.2, 0) is 0 Å². The molecule has 104 valence electrons. The topological polar surface area (TPSA) is 23.6 Å². The van der Waals surface area contributed by atoms with E-state index < -0.39 is 0 Å². The predicted octanol–water partition coefficient (Wildman–Crippen LogP) is 2.92. The number of benzene rings is 1. The highest BCUT2D eigenvalue weighted by molar-refractivity contribution is 9.10. The van der Waals surface area contributed by atoms with Gasteiger partial charge < -0.3 is 4.90 Å². The lowest BCUT2D eigenvalue weighted by Crippen LogP contribution is -2.56. The van der Waals surface area contributed by atoms with Gasteiger partial charge in [-0.2, -0.15) is 0 Å². The lowest BCUT2D eigenvalue weighted by Gasteiger charge is -2.42. The standard InChI is InChI=1S/C15H21BrN2O/c1-10-7-13(5-6-14(10)16)15(19)18-8-11(2)17(4)12(3)9-18/h5-7,11-12H,8-9H2,1-4H3. The Bertz CT molecular complexity index is 477. The lowest BCUT2D eigenvalue weighted by atomic mass is 10.1. The summed E-state index contributed by atoms with van der Waals surface area (Å²) in [4.78, 5) is 16.9. The molecule has 0 bridgehead atoms. The maximum absolute atomic E-state index is 12.6. The van der Waals surface area contributed by atoms with E-state index in [4.69, 9.17) is 0 Å². The molecular formula is C15H21BrN2O. The van der Waals surface area contributed by atoms with Crippen molar-refractivity contribution >= 4 is 21.8 Å². The quantitative estimate of drug-likeness (QED) is 0.793. The predicted molar refractivity (Wildman–Crippen MR) is 81.5 cm³/mol. The minimum atomic E-state index is 0.141. The molecule has 0 radical (unpaired) electrons. The van der Waals surface area contributed by atoms with E-state index in [1.807, 2.05) is 30.0 Å². The fraction of sp³-hybridized carbons (Fsp3) is 0.533. The Morgan fingerprint density at radius 3 is 2.37 bits per heavy atom. The van der Waals surface area contributed by atoms with Gasteiger partial charge in [0.05, 0.1) is 0 Å². The molecule has 3 nitrogen and oxygen atoms in total. The molecule has 1 amide bonds. The molecule has 0 saturated carbocycles. The molecule has 4 heteroatoms. The lowest BCUT2D eigenvalue weighted by molar-refractivity contribution is 0.0414. The van der Waals surface area contributed by atoms with Crippen LogP contribution >= 0.6 is 15.9 Å². The van der Waals surface area contributed by atoms with E-state index in [0.29, 0.717) is 12.1 Å². The van der Waals surface area contributed by atoms with Crippen molar-refractivity contribution in [1.29, 1.82) is 0 Å². The molecule has 1 heterocycles. The normalized spacial score (nSPS) is 24.6. The molecule has 0 N–H and O–H groups in total. The third kappa shape index (κ3) is 3.00. The Morgan fingerprint density at radius 1 is 1.26 bits per heavy atom. The minimum Gasteiger partial charge on any atom is -0.336 e. The molecule has 1 aromatic rings. The molecule has 2 unspecified atom stereocenters. The summed E-state index contributed by atoms with van der Waals surface area (Å²) in [6, 6.07) is 6.62. The second-order valence-electron chi connectivity index (χ2n) is 5.54. The molecule has 19 heavy (non-hydrogen) atoms. The first-order valence-electron chi connectivity index (χ1n) is 6.67. The van der Waals surface area contributed by atoms with Gasteiger partial charge in [0.25, 0.3) is 5.91 Å². The highest BCUT2D eigenvalue weighted by atomic mass is 79.9. The third-order valence-electron chi connectivity index (χ3n) is 4.05. The van der Waals surface area contributed by atoms with Gasteiger partial charge in [-0.1, -0.05) is 15.9 Å². The molecule has 0 aromatic heterocycles. The summed E-state index contributed by atoms with van der Waals surface area (Å²) in [5.74, 6) is 0.141. The van der Waals surface area contributed by atoms with Crippen LogP contribution in [0.25, 0.3) is 0 Å². The molecule has 1 aliphatic heterocycles. The molecule has 1 fully saturated rings. The van der Waals surface area contributed by atoms with E-state index in [0.717, 1.165) is 28.7 Å². The van der Waals surface area contributed by atoms with Gasteiger partial charge in [0.15, 0.2) is 0 Å². The number of rotatable bonds is 1. The van der Waals surface area contributed by atoms with E-state index >= 15 is 0 Å². The average Bonchev–Trinajstić information content (AvgIpc) is 2.37. The summed E-state index contributed by atoms with van der Waals surface area (Å²) in [6.07, 6.45) is 0. The van der Waals surface area contributed by atoms with Crippen LogP contribution in [0.2, 0.25) is 0 Å². The maximum atomic E-state index is 12.6. The van der Waals surface area contributed by atoms with Gasteiger partial charge in [0, 0.05) is 35.2 Å². The molecule has 2 atom stereocenters. The van der Waals surface area contributed by atoms with Crippen molar-refractivity contribution < 1.29 is 4.79 Å². The maximum Gasteiger partial charge on any atom is 0.253 e. The first kappa shape index (κ1) is 14.5.